The number of fused-ring (bicyclic) bond motifs is 9. The van der Waals surface area contributed by atoms with Crippen molar-refractivity contribution >= 4 is 6.21 Å². The van der Waals surface area contributed by atoms with Gasteiger partial charge in [0.2, 0.25) is 0 Å². The molecule has 4 heteroatoms. The molecule has 4 nitrogen and oxygen atoms in total. The molecule has 4 aliphatic heterocycles. The van der Waals surface area contributed by atoms with E-state index in [0.717, 1.165) is 0 Å². The molecule has 0 aromatic carbocycles. The van der Waals surface area contributed by atoms with Crippen LogP contribution in [0.3, 0.4) is 0 Å². The second-order valence-corrected chi connectivity index (χ2v) is 6.24. The van der Waals surface area contributed by atoms with Gasteiger partial charge < -0.3 is 4.90 Å². The number of hydrogen-bond donors (Lipinski definition) is 0. The van der Waals surface area contributed by atoms with Gasteiger partial charge in [0.25, 0.3) is 0 Å². The Balaban J connectivity index is 1.82. The third-order valence-electron chi connectivity index (χ3n) is 4.87. The summed E-state index contributed by atoms with van der Waals surface area (Å²) in [5.41, 5.74) is 0. The van der Waals surface area contributed by atoms with E-state index in [-0.39, 0.29) is 0 Å². The molecule has 4 bridgehead atoms. The first-order valence-corrected chi connectivity index (χ1v) is 8.14. The lowest BCUT2D eigenvalue weighted by molar-refractivity contribution is -0.523. The minimum Gasteiger partial charge on any atom is -0.303 e. The molecule has 0 spiro atoms. The third-order valence-corrected chi connectivity index (χ3v) is 4.87. The minimum absolute atomic E-state index is 1.23. The average Bonchev–Trinajstić information content (AvgIpc) is 2.47. The van der Waals surface area contributed by atoms with Crippen LogP contribution in [-0.2, 0) is 0 Å². The van der Waals surface area contributed by atoms with Crippen molar-refractivity contribution in [3.63, 3.8) is 0 Å². The molecule has 0 radical (unpaired) electrons. The van der Waals surface area contributed by atoms with Gasteiger partial charge in [-0.15, -0.1) is 0 Å². The standard InChI is InChI=1S/C15H29N4/c1-4-16-5-2-8-18-12-10-17(7-1)11-13-19(15-14-18)9-3-6-16/h7H,1-6,8-15H2/q+1. The van der Waals surface area contributed by atoms with Crippen molar-refractivity contribution in [3.8, 4) is 0 Å². The second kappa shape index (κ2) is 6.82. The van der Waals surface area contributed by atoms with Crippen molar-refractivity contribution in [2.45, 2.75) is 19.3 Å². The lowest BCUT2D eigenvalue weighted by Gasteiger charge is -2.23. The maximum atomic E-state index is 2.69. The van der Waals surface area contributed by atoms with Crippen LogP contribution in [0.15, 0.2) is 0 Å². The largest absolute Gasteiger partial charge is 0.303 e. The molecule has 0 amide bonds. The Morgan fingerprint density at radius 2 is 1.11 bits per heavy atom. The highest BCUT2D eigenvalue weighted by molar-refractivity contribution is 5.51. The van der Waals surface area contributed by atoms with Crippen molar-refractivity contribution in [1.29, 1.82) is 0 Å². The van der Waals surface area contributed by atoms with E-state index in [4.69, 9.17) is 0 Å². The molecule has 0 N–H and O–H groups in total. The topological polar surface area (TPSA) is 12.7 Å². The van der Waals surface area contributed by atoms with Gasteiger partial charge in [-0.25, -0.2) is 4.58 Å². The fourth-order valence-electron chi connectivity index (χ4n) is 3.58. The highest BCUT2D eigenvalue weighted by atomic mass is 15.2. The van der Waals surface area contributed by atoms with Crippen LogP contribution in [0.1, 0.15) is 19.3 Å². The zero-order valence-electron chi connectivity index (χ0n) is 12.3. The number of hydrogen-bond acceptors (Lipinski definition) is 3. The van der Waals surface area contributed by atoms with Crippen LogP contribution in [0.4, 0.5) is 0 Å². The molecule has 0 aromatic rings. The SMILES string of the molecule is C1=[N+]2CCN3CCCN(CC1)CCCN(CC3)CC2. The van der Waals surface area contributed by atoms with Crippen molar-refractivity contribution in [1.82, 2.24) is 14.7 Å². The van der Waals surface area contributed by atoms with Crippen molar-refractivity contribution < 1.29 is 4.58 Å². The summed E-state index contributed by atoms with van der Waals surface area (Å²) in [4.78, 5) is 8.06. The Kier molecular flexibility index (Phi) is 4.86. The van der Waals surface area contributed by atoms with Crippen LogP contribution in [-0.4, -0.2) is 97.5 Å². The van der Waals surface area contributed by atoms with E-state index in [1.165, 1.54) is 91.3 Å². The highest BCUT2D eigenvalue weighted by Crippen LogP contribution is 2.06. The maximum absolute atomic E-state index is 2.69. The summed E-state index contributed by atoms with van der Waals surface area (Å²) in [5.74, 6) is 0. The predicted octanol–water partition coefficient (Wildman–Crippen LogP) is 0.187. The van der Waals surface area contributed by atoms with Crippen LogP contribution in [0, 0.1) is 0 Å². The third kappa shape index (κ3) is 4.01. The molecule has 108 valence electrons. The lowest BCUT2D eigenvalue weighted by atomic mass is 10.3. The van der Waals surface area contributed by atoms with Crippen LogP contribution >= 0.6 is 0 Å². The quantitative estimate of drug-likeness (QED) is 0.580. The zero-order chi connectivity index (χ0) is 12.9. The van der Waals surface area contributed by atoms with Gasteiger partial charge in [0.15, 0.2) is 13.1 Å². The molecular formula is C15H29N4+. The molecule has 2 atom stereocenters. The normalized spacial score (nSPS) is 37.5. The fraction of sp³-hybridized carbons (Fsp3) is 0.933. The predicted molar refractivity (Wildman–Crippen MR) is 79.2 cm³/mol. The molecule has 0 aromatic heterocycles. The number of rotatable bonds is 0. The summed E-state index contributed by atoms with van der Waals surface area (Å²) < 4.78 is 2.58. The van der Waals surface area contributed by atoms with E-state index in [9.17, 15) is 0 Å². The van der Waals surface area contributed by atoms with Crippen LogP contribution in [0.2, 0.25) is 0 Å². The molecule has 4 heterocycles. The van der Waals surface area contributed by atoms with Gasteiger partial charge in [0, 0.05) is 26.1 Å². The fourth-order valence-corrected chi connectivity index (χ4v) is 3.58. The summed E-state index contributed by atoms with van der Waals surface area (Å²) >= 11 is 0. The molecule has 2 fully saturated rings. The van der Waals surface area contributed by atoms with E-state index in [2.05, 4.69) is 25.5 Å². The van der Waals surface area contributed by atoms with Gasteiger partial charge in [-0.05, 0) is 39.0 Å². The molecule has 4 aliphatic rings. The van der Waals surface area contributed by atoms with E-state index in [1.54, 1.807) is 0 Å². The zero-order valence-corrected chi connectivity index (χ0v) is 12.3. The maximum Gasteiger partial charge on any atom is 0.155 e. The Labute approximate surface area is 117 Å². The summed E-state index contributed by atoms with van der Waals surface area (Å²) in [7, 11) is 0. The molecular weight excluding hydrogens is 236 g/mol. The van der Waals surface area contributed by atoms with E-state index in [0.29, 0.717) is 0 Å². The van der Waals surface area contributed by atoms with Crippen molar-refractivity contribution in [2.75, 3.05) is 72.0 Å². The molecule has 4 rings (SSSR count). The Bertz CT molecular complexity index is 291. The molecule has 2 saturated heterocycles. The second-order valence-electron chi connectivity index (χ2n) is 6.24. The monoisotopic (exact) mass is 265 g/mol. The highest BCUT2D eigenvalue weighted by Gasteiger charge is 2.20. The van der Waals surface area contributed by atoms with Gasteiger partial charge in [-0.3, -0.25) is 9.80 Å². The first-order chi connectivity index (χ1) is 9.40. The minimum atomic E-state index is 1.23. The lowest BCUT2D eigenvalue weighted by Crippen LogP contribution is -2.36. The summed E-state index contributed by atoms with van der Waals surface area (Å²) in [6, 6.07) is 0. The van der Waals surface area contributed by atoms with E-state index < -0.39 is 0 Å². The van der Waals surface area contributed by atoms with Crippen LogP contribution in [0.5, 0.6) is 0 Å². The van der Waals surface area contributed by atoms with E-state index >= 15 is 0 Å². The average molecular weight is 265 g/mol. The molecule has 0 saturated carbocycles. The molecule has 0 aliphatic carbocycles. The Morgan fingerprint density at radius 3 is 1.68 bits per heavy atom. The smallest absolute Gasteiger partial charge is 0.155 e. The number of nitrogens with zero attached hydrogens (tertiary/aromatic N) is 4. The Morgan fingerprint density at radius 1 is 0.579 bits per heavy atom. The van der Waals surface area contributed by atoms with Gasteiger partial charge in [0.1, 0.15) is 6.21 Å². The van der Waals surface area contributed by atoms with Gasteiger partial charge in [-0.2, -0.15) is 0 Å². The van der Waals surface area contributed by atoms with Crippen molar-refractivity contribution in [2.24, 2.45) is 0 Å². The van der Waals surface area contributed by atoms with E-state index in [1.807, 2.05) is 0 Å². The first kappa shape index (κ1) is 13.5. The van der Waals surface area contributed by atoms with Crippen molar-refractivity contribution in [3.05, 3.63) is 0 Å². The summed E-state index contributed by atoms with van der Waals surface area (Å²) in [6.07, 6.45) is 6.41. The van der Waals surface area contributed by atoms with Crippen LogP contribution in [0.25, 0.3) is 0 Å². The van der Waals surface area contributed by atoms with Gasteiger partial charge >= 0.3 is 0 Å². The summed E-state index contributed by atoms with van der Waals surface area (Å²) in [5, 5.41) is 0. The molecule has 2 unspecified atom stereocenters. The van der Waals surface area contributed by atoms with Gasteiger partial charge in [-0.1, -0.05) is 0 Å². The molecule has 19 heavy (non-hydrogen) atoms. The first-order valence-electron chi connectivity index (χ1n) is 8.14. The Hall–Kier alpha value is -0.450. The summed E-state index contributed by atoms with van der Waals surface area (Å²) in [6.45, 7) is 13.9. The van der Waals surface area contributed by atoms with Crippen LogP contribution < -0.4 is 0 Å². The van der Waals surface area contributed by atoms with Gasteiger partial charge in [0.05, 0.1) is 13.1 Å².